The molecule has 2 N–H and O–H groups in total. The molecule has 0 aromatic heterocycles. The first-order chi connectivity index (χ1) is 10.3. The SMILES string of the molecule is CC1(C)CCC(Oc2cc(C3(CC(=O)O)CC3)ccc2O)C1. The van der Waals surface area contributed by atoms with Crippen LogP contribution in [-0.4, -0.2) is 22.3 Å². The maximum atomic E-state index is 11.0. The van der Waals surface area contributed by atoms with Crippen molar-refractivity contribution in [3.05, 3.63) is 23.8 Å². The number of aromatic hydroxyl groups is 1. The third-order valence-electron chi connectivity index (χ3n) is 5.13. The Morgan fingerprint density at radius 2 is 2.05 bits per heavy atom. The second-order valence-corrected chi connectivity index (χ2v) is 7.68. The lowest BCUT2D eigenvalue weighted by Gasteiger charge is -2.20. The van der Waals surface area contributed by atoms with Gasteiger partial charge >= 0.3 is 5.97 Å². The van der Waals surface area contributed by atoms with E-state index in [0.717, 1.165) is 37.7 Å². The molecule has 0 saturated heterocycles. The number of hydrogen-bond acceptors (Lipinski definition) is 3. The van der Waals surface area contributed by atoms with E-state index in [4.69, 9.17) is 9.84 Å². The summed E-state index contributed by atoms with van der Waals surface area (Å²) in [7, 11) is 0. The van der Waals surface area contributed by atoms with Crippen LogP contribution in [0.3, 0.4) is 0 Å². The molecule has 0 spiro atoms. The van der Waals surface area contributed by atoms with Crippen LogP contribution in [0.4, 0.5) is 0 Å². The van der Waals surface area contributed by atoms with Gasteiger partial charge in [0.05, 0.1) is 12.5 Å². The van der Waals surface area contributed by atoms with Crippen molar-refractivity contribution in [1.82, 2.24) is 0 Å². The standard InChI is InChI=1S/C18H24O4/c1-17(2)6-5-13(10-17)22-15-9-12(3-4-14(15)19)18(7-8-18)11-16(20)21/h3-4,9,13,19H,5-8,10-11H2,1-2H3,(H,20,21). The van der Waals surface area contributed by atoms with Gasteiger partial charge in [0, 0.05) is 5.41 Å². The zero-order valence-corrected chi connectivity index (χ0v) is 13.3. The van der Waals surface area contributed by atoms with E-state index in [1.807, 2.05) is 12.1 Å². The Kier molecular flexibility index (Phi) is 3.58. The third kappa shape index (κ3) is 3.06. The molecular formula is C18H24O4. The summed E-state index contributed by atoms with van der Waals surface area (Å²) in [5.41, 5.74) is 1.01. The number of phenolic OH excluding ortho intramolecular Hbond substituents is 1. The molecule has 2 aliphatic rings. The monoisotopic (exact) mass is 304 g/mol. The van der Waals surface area contributed by atoms with E-state index in [1.54, 1.807) is 6.07 Å². The van der Waals surface area contributed by atoms with Crippen LogP contribution in [0.15, 0.2) is 18.2 Å². The van der Waals surface area contributed by atoms with Gasteiger partial charge in [-0.2, -0.15) is 0 Å². The van der Waals surface area contributed by atoms with Gasteiger partial charge in [0.1, 0.15) is 0 Å². The van der Waals surface area contributed by atoms with Crippen molar-refractivity contribution in [3.63, 3.8) is 0 Å². The Balaban J connectivity index is 1.78. The van der Waals surface area contributed by atoms with Crippen LogP contribution in [0, 0.1) is 5.41 Å². The minimum atomic E-state index is -0.773. The summed E-state index contributed by atoms with van der Waals surface area (Å²) < 4.78 is 6.01. The highest BCUT2D eigenvalue weighted by Crippen LogP contribution is 2.52. The lowest BCUT2D eigenvalue weighted by Crippen LogP contribution is -2.16. The maximum absolute atomic E-state index is 11.0. The van der Waals surface area contributed by atoms with Crippen molar-refractivity contribution in [2.45, 2.75) is 63.9 Å². The molecule has 1 aromatic carbocycles. The normalized spacial score (nSPS) is 24.9. The van der Waals surface area contributed by atoms with Gasteiger partial charge in [-0.25, -0.2) is 0 Å². The van der Waals surface area contributed by atoms with E-state index < -0.39 is 5.97 Å². The molecule has 1 aromatic rings. The van der Waals surface area contributed by atoms with Crippen LogP contribution in [0.1, 0.15) is 57.9 Å². The zero-order valence-electron chi connectivity index (χ0n) is 13.3. The molecule has 1 unspecified atom stereocenters. The highest BCUT2D eigenvalue weighted by atomic mass is 16.5. The fourth-order valence-electron chi connectivity index (χ4n) is 3.60. The summed E-state index contributed by atoms with van der Waals surface area (Å²) in [5, 5.41) is 19.1. The molecule has 120 valence electrons. The van der Waals surface area contributed by atoms with Crippen LogP contribution in [0.5, 0.6) is 11.5 Å². The van der Waals surface area contributed by atoms with E-state index in [2.05, 4.69) is 13.8 Å². The molecule has 3 rings (SSSR count). The smallest absolute Gasteiger partial charge is 0.304 e. The van der Waals surface area contributed by atoms with Crippen molar-refractivity contribution in [1.29, 1.82) is 0 Å². The van der Waals surface area contributed by atoms with Crippen molar-refractivity contribution >= 4 is 5.97 Å². The second kappa shape index (κ2) is 5.18. The number of rotatable bonds is 5. The summed E-state index contributed by atoms with van der Waals surface area (Å²) in [5.74, 6) is -0.137. The molecular weight excluding hydrogens is 280 g/mol. The topological polar surface area (TPSA) is 66.8 Å². The van der Waals surface area contributed by atoms with E-state index in [1.165, 1.54) is 0 Å². The van der Waals surface area contributed by atoms with E-state index in [0.29, 0.717) is 11.2 Å². The summed E-state index contributed by atoms with van der Waals surface area (Å²) in [6, 6.07) is 5.31. The lowest BCUT2D eigenvalue weighted by molar-refractivity contribution is -0.137. The zero-order chi connectivity index (χ0) is 16.0. The molecule has 0 aliphatic heterocycles. The number of phenols is 1. The van der Waals surface area contributed by atoms with E-state index >= 15 is 0 Å². The molecule has 4 nitrogen and oxygen atoms in total. The molecule has 1 atom stereocenters. The van der Waals surface area contributed by atoms with Crippen molar-refractivity contribution < 1.29 is 19.7 Å². The van der Waals surface area contributed by atoms with Gasteiger partial charge in [0.25, 0.3) is 0 Å². The third-order valence-corrected chi connectivity index (χ3v) is 5.13. The predicted octanol–water partition coefficient (Wildman–Crippen LogP) is 3.86. The fourth-order valence-corrected chi connectivity index (χ4v) is 3.60. The van der Waals surface area contributed by atoms with Crippen LogP contribution in [0.25, 0.3) is 0 Å². The number of carbonyl (C=O) groups is 1. The summed E-state index contributed by atoms with van der Waals surface area (Å²) in [4.78, 5) is 11.0. The minimum absolute atomic E-state index is 0.130. The Bertz CT molecular complexity index is 587. The van der Waals surface area contributed by atoms with Crippen molar-refractivity contribution in [2.24, 2.45) is 5.41 Å². The largest absolute Gasteiger partial charge is 0.504 e. The summed E-state index contributed by atoms with van der Waals surface area (Å²) >= 11 is 0. The highest BCUT2D eigenvalue weighted by molar-refractivity contribution is 5.70. The summed E-state index contributed by atoms with van der Waals surface area (Å²) in [6.45, 7) is 4.47. The molecule has 2 fully saturated rings. The molecule has 0 bridgehead atoms. The number of ether oxygens (including phenoxy) is 1. The van der Waals surface area contributed by atoms with Crippen LogP contribution in [-0.2, 0) is 10.2 Å². The molecule has 22 heavy (non-hydrogen) atoms. The minimum Gasteiger partial charge on any atom is -0.504 e. The number of carboxylic acid groups (broad SMARTS) is 1. The molecule has 4 heteroatoms. The van der Waals surface area contributed by atoms with Crippen LogP contribution in [0.2, 0.25) is 0 Å². The van der Waals surface area contributed by atoms with E-state index in [-0.39, 0.29) is 23.7 Å². The number of aliphatic carboxylic acids is 1. The summed E-state index contributed by atoms with van der Waals surface area (Å²) in [6.07, 6.45) is 5.16. The first-order valence-corrected chi connectivity index (χ1v) is 8.02. The number of hydrogen-bond donors (Lipinski definition) is 2. The predicted molar refractivity (Wildman–Crippen MR) is 83.3 cm³/mol. The van der Waals surface area contributed by atoms with Gasteiger partial charge in [0.15, 0.2) is 11.5 Å². The van der Waals surface area contributed by atoms with Gasteiger partial charge in [-0.3, -0.25) is 4.79 Å². The van der Waals surface area contributed by atoms with Crippen molar-refractivity contribution in [2.75, 3.05) is 0 Å². The molecule has 2 saturated carbocycles. The molecule has 2 aliphatic carbocycles. The maximum Gasteiger partial charge on any atom is 0.304 e. The number of carboxylic acids is 1. The van der Waals surface area contributed by atoms with Gasteiger partial charge in [0.2, 0.25) is 0 Å². The van der Waals surface area contributed by atoms with Gasteiger partial charge in [-0.05, 0) is 55.2 Å². The second-order valence-electron chi connectivity index (χ2n) is 7.68. The Morgan fingerprint density at radius 1 is 1.32 bits per heavy atom. The van der Waals surface area contributed by atoms with Crippen molar-refractivity contribution in [3.8, 4) is 11.5 Å². The Labute approximate surface area is 131 Å². The Hall–Kier alpha value is -1.71. The van der Waals surface area contributed by atoms with Gasteiger partial charge in [-0.15, -0.1) is 0 Å². The lowest BCUT2D eigenvalue weighted by atomic mass is 9.92. The van der Waals surface area contributed by atoms with E-state index in [9.17, 15) is 9.90 Å². The Morgan fingerprint density at radius 3 is 2.59 bits per heavy atom. The number of benzene rings is 1. The average molecular weight is 304 g/mol. The quantitative estimate of drug-likeness (QED) is 0.867. The molecule has 0 radical (unpaired) electrons. The first-order valence-electron chi connectivity index (χ1n) is 8.02. The molecule has 0 amide bonds. The van der Waals surface area contributed by atoms with Gasteiger partial charge in [-0.1, -0.05) is 19.9 Å². The van der Waals surface area contributed by atoms with Gasteiger partial charge < -0.3 is 14.9 Å². The van der Waals surface area contributed by atoms with Crippen LogP contribution >= 0.6 is 0 Å². The average Bonchev–Trinajstić information content (AvgIpc) is 3.10. The fraction of sp³-hybridized carbons (Fsp3) is 0.611. The van der Waals surface area contributed by atoms with Crippen LogP contribution < -0.4 is 4.74 Å². The first kappa shape index (κ1) is 15.2. The highest BCUT2D eigenvalue weighted by Gasteiger charge is 2.46. The molecule has 0 heterocycles.